The van der Waals surface area contributed by atoms with Crippen molar-refractivity contribution in [2.45, 2.75) is 73.1 Å². The summed E-state index contributed by atoms with van der Waals surface area (Å²) in [5.74, 6) is 2.56. The summed E-state index contributed by atoms with van der Waals surface area (Å²) in [4.78, 5) is 24.8. The van der Waals surface area contributed by atoms with E-state index in [4.69, 9.17) is 0 Å². The van der Waals surface area contributed by atoms with Crippen LogP contribution in [0.2, 0.25) is 0 Å². The fourth-order valence-corrected chi connectivity index (χ4v) is 4.74. The Hall–Kier alpha value is -0.920. The first-order valence-corrected chi connectivity index (χ1v) is 8.97. The molecular weight excluding hydrogens is 272 g/mol. The summed E-state index contributed by atoms with van der Waals surface area (Å²) in [6.07, 6.45) is 7.52. The van der Waals surface area contributed by atoms with Crippen molar-refractivity contribution >= 4 is 11.6 Å². The van der Waals surface area contributed by atoms with E-state index in [0.717, 1.165) is 25.7 Å². The SMILES string of the molecule is CC1=CC(=O)[C@]2(C)CC[C@H]([C@@H](C)CC(=O)CC(C)C)[C@H]2CC1. The molecule has 0 unspecified atom stereocenters. The van der Waals surface area contributed by atoms with Crippen LogP contribution in [-0.2, 0) is 9.59 Å². The summed E-state index contributed by atoms with van der Waals surface area (Å²) < 4.78 is 0. The molecule has 1 fully saturated rings. The van der Waals surface area contributed by atoms with Gasteiger partial charge in [-0.1, -0.05) is 33.3 Å². The summed E-state index contributed by atoms with van der Waals surface area (Å²) >= 11 is 0. The number of hydrogen-bond donors (Lipinski definition) is 0. The van der Waals surface area contributed by atoms with E-state index < -0.39 is 0 Å². The maximum Gasteiger partial charge on any atom is 0.161 e. The summed E-state index contributed by atoms with van der Waals surface area (Å²) in [6, 6.07) is 0. The molecule has 2 aliphatic carbocycles. The quantitative estimate of drug-likeness (QED) is 0.718. The Morgan fingerprint density at radius 3 is 2.59 bits per heavy atom. The molecule has 0 saturated heterocycles. The van der Waals surface area contributed by atoms with Gasteiger partial charge in [-0.05, 0) is 62.4 Å². The second-order valence-corrected chi connectivity index (χ2v) is 8.44. The molecule has 0 aromatic heterocycles. The second-order valence-electron chi connectivity index (χ2n) is 8.44. The highest BCUT2D eigenvalue weighted by Crippen LogP contribution is 2.54. The van der Waals surface area contributed by atoms with E-state index in [1.807, 2.05) is 6.08 Å². The smallest absolute Gasteiger partial charge is 0.161 e. The van der Waals surface area contributed by atoms with Gasteiger partial charge in [-0.25, -0.2) is 0 Å². The van der Waals surface area contributed by atoms with Crippen molar-refractivity contribution in [2.24, 2.45) is 29.1 Å². The molecule has 0 aromatic rings. The summed E-state index contributed by atoms with van der Waals surface area (Å²) in [7, 11) is 0. The average Bonchev–Trinajstić information content (AvgIpc) is 2.68. The van der Waals surface area contributed by atoms with Gasteiger partial charge in [0.1, 0.15) is 5.78 Å². The number of ketones is 2. The third kappa shape index (κ3) is 3.52. The lowest BCUT2D eigenvalue weighted by Crippen LogP contribution is -2.33. The fourth-order valence-electron chi connectivity index (χ4n) is 4.74. The normalized spacial score (nSPS) is 33.4. The van der Waals surface area contributed by atoms with E-state index in [0.29, 0.717) is 48.1 Å². The van der Waals surface area contributed by atoms with Crippen LogP contribution in [0, 0.1) is 29.1 Å². The zero-order chi connectivity index (χ0) is 16.5. The summed E-state index contributed by atoms with van der Waals surface area (Å²) in [5.41, 5.74) is 1.04. The molecule has 4 atom stereocenters. The number of fused-ring (bicyclic) bond motifs is 1. The lowest BCUT2D eigenvalue weighted by Gasteiger charge is -2.33. The van der Waals surface area contributed by atoms with Crippen LogP contribution in [0.4, 0.5) is 0 Å². The Labute approximate surface area is 135 Å². The van der Waals surface area contributed by atoms with Gasteiger partial charge < -0.3 is 0 Å². The van der Waals surface area contributed by atoms with Gasteiger partial charge in [0, 0.05) is 18.3 Å². The van der Waals surface area contributed by atoms with Gasteiger partial charge in [-0.2, -0.15) is 0 Å². The van der Waals surface area contributed by atoms with Gasteiger partial charge in [0.05, 0.1) is 0 Å². The Morgan fingerprint density at radius 2 is 1.95 bits per heavy atom. The summed E-state index contributed by atoms with van der Waals surface area (Å²) in [5, 5.41) is 0. The van der Waals surface area contributed by atoms with Crippen LogP contribution >= 0.6 is 0 Å². The van der Waals surface area contributed by atoms with Crippen molar-refractivity contribution in [2.75, 3.05) is 0 Å². The number of Topliss-reactive ketones (excluding diaryl/α,β-unsaturated/α-hetero) is 1. The number of rotatable bonds is 5. The number of carbonyl (C=O) groups excluding carboxylic acids is 2. The topological polar surface area (TPSA) is 34.1 Å². The first-order valence-electron chi connectivity index (χ1n) is 8.97. The van der Waals surface area contributed by atoms with Crippen molar-refractivity contribution < 1.29 is 9.59 Å². The van der Waals surface area contributed by atoms with Crippen molar-refractivity contribution in [1.29, 1.82) is 0 Å². The highest BCUT2D eigenvalue weighted by molar-refractivity contribution is 5.96. The molecule has 0 radical (unpaired) electrons. The van der Waals surface area contributed by atoms with Crippen LogP contribution in [0.1, 0.15) is 73.1 Å². The van der Waals surface area contributed by atoms with Crippen LogP contribution in [0.15, 0.2) is 11.6 Å². The zero-order valence-corrected chi connectivity index (χ0v) is 14.9. The minimum atomic E-state index is -0.183. The van der Waals surface area contributed by atoms with Crippen molar-refractivity contribution in [3.8, 4) is 0 Å². The van der Waals surface area contributed by atoms with E-state index in [9.17, 15) is 9.59 Å². The fraction of sp³-hybridized carbons (Fsp3) is 0.800. The molecule has 0 heterocycles. The van der Waals surface area contributed by atoms with Gasteiger partial charge in [0.15, 0.2) is 5.78 Å². The van der Waals surface area contributed by atoms with Crippen molar-refractivity contribution in [1.82, 2.24) is 0 Å². The first-order chi connectivity index (χ1) is 10.2. The van der Waals surface area contributed by atoms with E-state index in [1.165, 1.54) is 5.57 Å². The standard InChI is InChI=1S/C20H32O2/c1-13(2)10-16(21)12-15(4)17-8-9-20(5)18(17)7-6-14(3)11-19(20)22/h11,13,15,17-18H,6-10,12H2,1-5H3/t15-,17+,18+,20+/m0/s1. The Balaban J connectivity index is 2.08. The number of hydrogen-bond acceptors (Lipinski definition) is 2. The predicted molar refractivity (Wildman–Crippen MR) is 90.6 cm³/mol. The van der Waals surface area contributed by atoms with E-state index >= 15 is 0 Å². The van der Waals surface area contributed by atoms with Crippen LogP contribution in [0.5, 0.6) is 0 Å². The predicted octanol–water partition coefficient (Wildman–Crippen LogP) is 4.97. The third-order valence-corrected chi connectivity index (χ3v) is 6.04. The molecule has 22 heavy (non-hydrogen) atoms. The molecule has 2 rings (SSSR count). The van der Waals surface area contributed by atoms with E-state index in [1.54, 1.807) is 0 Å². The molecule has 1 saturated carbocycles. The van der Waals surface area contributed by atoms with Crippen molar-refractivity contribution in [3.63, 3.8) is 0 Å². The molecule has 124 valence electrons. The molecule has 0 spiro atoms. The maximum atomic E-state index is 12.6. The molecule has 0 aliphatic heterocycles. The highest BCUT2D eigenvalue weighted by atomic mass is 16.1. The number of carbonyl (C=O) groups is 2. The Morgan fingerprint density at radius 1 is 1.27 bits per heavy atom. The van der Waals surface area contributed by atoms with Gasteiger partial charge in [0.25, 0.3) is 0 Å². The lowest BCUT2D eigenvalue weighted by atomic mass is 9.70. The molecule has 2 nitrogen and oxygen atoms in total. The number of allylic oxidation sites excluding steroid dienone is 2. The minimum absolute atomic E-state index is 0.183. The molecule has 0 bridgehead atoms. The maximum absolute atomic E-state index is 12.6. The van der Waals surface area contributed by atoms with E-state index in [-0.39, 0.29) is 5.41 Å². The molecule has 0 aromatic carbocycles. The third-order valence-electron chi connectivity index (χ3n) is 6.04. The van der Waals surface area contributed by atoms with Crippen LogP contribution in [0.25, 0.3) is 0 Å². The minimum Gasteiger partial charge on any atom is -0.300 e. The van der Waals surface area contributed by atoms with Gasteiger partial charge in [0.2, 0.25) is 0 Å². The first kappa shape index (κ1) is 17.4. The highest BCUT2D eigenvalue weighted by Gasteiger charge is 2.50. The van der Waals surface area contributed by atoms with Gasteiger partial charge >= 0.3 is 0 Å². The molecule has 0 amide bonds. The van der Waals surface area contributed by atoms with E-state index in [2.05, 4.69) is 34.6 Å². The average molecular weight is 304 g/mol. The van der Waals surface area contributed by atoms with Gasteiger partial charge in [-0.3, -0.25) is 9.59 Å². The zero-order valence-electron chi connectivity index (χ0n) is 14.9. The Bertz CT molecular complexity index is 474. The monoisotopic (exact) mass is 304 g/mol. The second kappa shape index (κ2) is 6.68. The van der Waals surface area contributed by atoms with Gasteiger partial charge in [-0.15, -0.1) is 0 Å². The lowest BCUT2D eigenvalue weighted by molar-refractivity contribution is -0.125. The molecule has 0 N–H and O–H groups in total. The molecule has 2 heteroatoms. The Kier molecular flexibility index (Phi) is 5.29. The molecule has 2 aliphatic rings. The van der Waals surface area contributed by atoms with Crippen LogP contribution < -0.4 is 0 Å². The molecular formula is C20H32O2. The van der Waals surface area contributed by atoms with Crippen LogP contribution in [0.3, 0.4) is 0 Å². The summed E-state index contributed by atoms with van der Waals surface area (Å²) in [6.45, 7) is 10.7. The largest absolute Gasteiger partial charge is 0.300 e. The van der Waals surface area contributed by atoms with Crippen molar-refractivity contribution in [3.05, 3.63) is 11.6 Å². The van der Waals surface area contributed by atoms with Crippen LogP contribution in [-0.4, -0.2) is 11.6 Å².